The number of nitrogens with one attached hydrogen (secondary N) is 1. The van der Waals surface area contributed by atoms with Crippen LogP contribution in [0.25, 0.3) is 10.8 Å². The number of halogens is 1. The van der Waals surface area contributed by atoms with Crippen molar-refractivity contribution in [2.75, 3.05) is 31.4 Å². The number of carbonyl (C=O) groups excluding carboxylic acids is 1. The number of rotatable bonds is 4. The van der Waals surface area contributed by atoms with E-state index < -0.39 is 0 Å². The molecule has 0 fully saturated rings. The standard InChI is InChI=1S/C19H18ClN3O2/c1-23(2)17-14(20)9-6-10-15(17)21-18(24)16-11-12-7-4-5-8-13(12)19(22-16)25-3/h4-11H,1-3H3,(H,21,24). The second-order valence-corrected chi connectivity index (χ2v) is 6.13. The Balaban J connectivity index is 2.00. The highest BCUT2D eigenvalue weighted by molar-refractivity contribution is 6.34. The fourth-order valence-electron chi connectivity index (χ4n) is 2.70. The molecule has 0 spiro atoms. The quantitative estimate of drug-likeness (QED) is 0.761. The number of pyridine rings is 1. The van der Waals surface area contributed by atoms with Crippen molar-refractivity contribution in [1.82, 2.24) is 4.98 Å². The summed E-state index contributed by atoms with van der Waals surface area (Å²) in [6.45, 7) is 0. The van der Waals surface area contributed by atoms with Gasteiger partial charge in [0.15, 0.2) is 0 Å². The summed E-state index contributed by atoms with van der Waals surface area (Å²) < 4.78 is 5.33. The van der Waals surface area contributed by atoms with Crippen LogP contribution in [-0.4, -0.2) is 32.1 Å². The number of benzene rings is 2. The molecule has 6 heteroatoms. The Bertz CT molecular complexity index is 941. The topological polar surface area (TPSA) is 54.5 Å². The van der Waals surface area contributed by atoms with E-state index in [-0.39, 0.29) is 11.6 Å². The van der Waals surface area contributed by atoms with Gasteiger partial charge in [0.05, 0.1) is 23.5 Å². The molecule has 0 saturated heterocycles. The lowest BCUT2D eigenvalue weighted by Crippen LogP contribution is -2.18. The molecular formula is C19H18ClN3O2. The number of aromatic nitrogens is 1. The molecule has 0 bridgehead atoms. The molecule has 0 aliphatic carbocycles. The summed E-state index contributed by atoms with van der Waals surface area (Å²) in [6, 6.07) is 14.8. The van der Waals surface area contributed by atoms with Gasteiger partial charge in [0.1, 0.15) is 5.69 Å². The first-order valence-corrected chi connectivity index (χ1v) is 8.10. The molecular weight excluding hydrogens is 338 g/mol. The Kier molecular flexibility index (Phi) is 4.76. The Morgan fingerprint density at radius 2 is 1.92 bits per heavy atom. The summed E-state index contributed by atoms with van der Waals surface area (Å²) in [7, 11) is 5.28. The average molecular weight is 356 g/mol. The average Bonchev–Trinajstić information content (AvgIpc) is 2.60. The van der Waals surface area contributed by atoms with Gasteiger partial charge in [-0.1, -0.05) is 35.9 Å². The van der Waals surface area contributed by atoms with Gasteiger partial charge in [0.2, 0.25) is 5.88 Å². The highest BCUT2D eigenvalue weighted by atomic mass is 35.5. The molecule has 3 rings (SSSR count). The molecule has 25 heavy (non-hydrogen) atoms. The van der Waals surface area contributed by atoms with Crippen molar-refractivity contribution in [3.05, 3.63) is 59.2 Å². The third-order valence-corrected chi connectivity index (χ3v) is 4.12. The predicted octanol–water partition coefficient (Wildman–Crippen LogP) is 4.22. The van der Waals surface area contributed by atoms with E-state index in [2.05, 4.69) is 10.3 Å². The molecule has 0 unspecified atom stereocenters. The lowest BCUT2D eigenvalue weighted by Gasteiger charge is -2.19. The maximum absolute atomic E-state index is 12.7. The van der Waals surface area contributed by atoms with Gasteiger partial charge in [-0.05, 0) is 29.7 Å². The maximum atomic E-state index is 12.7. The summed E-state index contributed by atoms with van der Waals surface area (Å²) in [6.07, 6.45) is 0. The lowest BCUT2D eigenvalue weighted by molar-refractivity contribution is 0.102. The van der Waals surface area contributed by atoms with Crippen LogP contribution < -0.4 is 15.0 Å². The third-order valence-electron chi connectivity index (χ3n) is 3.81. The molecule has 1 aromatic heterocycles. The van der Waals surface area contributed by atoms with Crippen molar-refractivity contribution in [1.29, 1.82) is 0 Å². The van der Waals surface area contributed by atoms with Crippen LogP contribution in [0, 0.1) is 0 Å². The first kappa shape index (κ1) is 17.0. The second kappa shape index (κ2) is 6.99. The van der Waals surface area contributed by atoms with Crippen molar-refractivity contribution in [2.24, 2.45) is 0 Å². The zero-order valence-electron chi connectivity index (χ0n) is 14.2. The van der Waals surface area contributed by atoms with E-state index in [1.165, 1.54) is 7.11 Å². The van der Waals surface area contributed by atoms with Crippen LogP contribution in [-0.2, 0) is 0 Å². The number of carbonyl (C=O) groups is 1. The van der Waals surface area contributed by atoms with Crippen LogP contribution in [0.2, 0.25) is 5.02 Å². The lowest BCUT2D eigenvalue weighted by atomic mass is 10.1. The number of para-hydroxylation sites is 1. The Morgan fingerprint density at radius 1 is 1.16 bits per heavy atom. The molecule has 1 amide bonds. The number of fused-ring (bicyclic) bond motifs is 1. The summed E-state index contributed by atoms with van der Waals surface area (Å²) in [5.74, 6) is 0.0941. The van der Waals surface area contributed by atoms with Gasteiger partial charge in [0.25, 0.3) is 5.91 Å². The third kappa shape index (κ3) is 3.37. The molecule has 0 radical (unpaired) electrons. The van der Waals surface area contributed by atoms with Crippen molar-refractivity contribution in [2.45, 2.75) is 0 Å². The fraction of sp³-hybridized carbons (Fsp3) is 0.158. The molecule has 2 aromatic carbocycles. The van der Waals surface area contributed by atoms with Crippen LogP contribution in [0.4, 0.5) is 11.4 Å². The zero-order chi connectivity index (χ0) is 18.0. The number of hydrogen-bond donors (Lipinski definition) is 1. The monoisotopic (exact) mass is 355 g/mol. The number of hydrogen-bond acceptors (Lipinski definition) is 4. The summed E-state index contributed by atoms with van der Waals surface area (Å²) >= 11 is 6.25. The number of methoxy groups -OCH3 is 1. The smallest absolute Gasteiger partial charge is 0.274 e. The summed E-state index contributed by atoms with van der Waals surface area (Å²) in [5, 5.41) is 5.19. The fourth-order valence-corrected chi connectivity index (χ4v) is 3.04. The molecule has 1 heterocycles. The van der Waals surface area contributed by atoms with Crippen molar-refractivity contribution < 1.29 is 9.53 Å². The number of amides is 1. The van der Waals surface area contributed by atoms with Crippen LogP contribution in [0.3, 0.4) is 0 Å². The zero-order valence-corrected chi connectivity index (χ0v) is 15.0. The van der Waals surface area contributed by atoms with Crippen molar-refractivity contribution in [3.63, 3.8) is 0 Å². The Labute approximate surface area is 151 Å². The van der Waals surface area contributed by atoms with E-state index in [1.807, 2.05) is 43.3 Å². The minimum absolute atomic E-state index is 0.278. The van der Waals surface area contributed by atoms with Gasteiger partial charge >= 0.3 is 0 Å². The molecule has 0 atom stereocenters. The number of nitrogens with zero attached hydrogens (tertiary/aromatic N) is 2. The van der Waals surface area contributed by atoms with E-state index in [1.54, 1.807) is 24.3 Å². The van der Waals surface area contributed by atoms with Crippen molar-refractivity contribution in [3.8, 4) is 5.88 Å². The molecule has 0 saturated carbocycles. The number of anilines is 2. The minimum atomic E-state index is -0.325. The van der Waals surface area contributed by atoms with E-state index in [0.29, 0.717) is 16.6 Å². The normalized spacial score (nSPS) is 10.6. The van der Waals surface area contributed by atoms with E-state index >= 15 is 0 Å². The largest absolute Gasteiger partial charge is 0.481 e. The maximum Gasteiger partial charge on any atom is 0.274 e. The van der Waals surface area contributed by atoms with Gasteiger partial charge in [-0.2, -0.15) is 0 Å². The molecule has 5 nitrogen and oxygen atoms in total. The van der Waals surface area contributed by atoms with Crippen molar-refractivity contribution >= 4 is 39.7 Å². The highest BCUT2D eigenvalue weighted by Crippen LogP contribution is 2.33. The Morgan fingerprint density at radius 3 is 2.64 bits per heavy atom. The van der Waals surface area contributed by atoms with Crippen LogP contribution in [0.15, 0.2) is 48.5 Å². The predicted molar refractivity (Wildman–Crippen MR) is 102 cm³/mol. The highest BCUT2D eigenvalue weighted by Gasteiger charge is 2.16. The number of ether oxygens (including phenoxy) is 1. The Hall–Kier alpha value is -2.79. The second-order valence-electron chi connectivity index (χ2n) is 5.72. The van der Waals surface area contributed by atoms with Crippen LogP contribution >= 0.6 is 11.6 Å². The van der Waals surface area contributed by atoms with Gasteiger partial charge in [-0.15, -0.1) is 0 Å². The van der Waals surface area contributed by atoms with E-state index in [0.717, 1.165) is 16.5 Å². The van der Waals surface area contributed by atoms with Gasteiger partial charge in [0, 0.05) is 19.5 Å². The van der Waals surface area contributed by atoms with Crippen LogP contribution in [0.1, 0.15) is 10.5 Å². The van der Waals surface area contributed by atoms with E-state index in [4.69, 9.17) is 16.3 Å². The molecule has 0 aliphatic heterocycles. The molecule has 1 N–H and O–H groups in total. The first-order chi connectivity index (χ1) is 12.0. The SMILES string of the molecule is COc1nc(C(=O)Nc2cccc(Cl)c2N(C)C)cc2ccccc12. The van der Waals surface area contributed by atoms with Gasteiger partial charge < -0.3 is 15.0 Å². The molecule has 0 aliphatic rings. The molecule has 3 aromatic rings. The van der Waals surface area contributed by atoms with Gasteiger partial charge in [-0.25, -0.2) is 4.98 Å². The first-order valence-electron chi connectivity index (χ1n) is 7.72. The summed E-state index contributed by atoms with van der Waals surface area (Å²) in [5.41, 5.74) is 1.64. The minimum Gasteiger partial charge on any atom is -0.481 e. The van der Waals surface area contributed by atoms with E-state index in [9.17, 15) is 4.79 Å². The van der Waals surface area contributed by atoms with Crippen LogP contribution in [0.5, 0.6) is 5.88 Å². The summed E-state index contributed by atoms with van der Waals surface area (Å²) in [4.78, 5) is 18.9. The van der Waals surface area contributed by atoms with Gasteiger partial charge in [-0.3, -0.25) is 4.79 Å². The molecule has 128 valence electrons.